The molecule has 0 fully saturated rings. The highest BCUT2D eigenvalue weighted by Gasteiger charge is 2.13. The number of hydrogen-bond acceptors (Lipinski definition) is 4. The van der Waals surface area contributed by atoms with Crippen LogP contribution in [0.1, 0.15) is 16.8 Å². The minimum atomic E-state index is -1.16. The van der Waals surface area contributed by atoms with E-state index in [9.17, 15) is 13.8 Å². The molecule has 2 amide bonds. The molecule has 1 aromatic carbocycles. The Hall–Kier alpha value is -2.09. The van der Waals surface area contributed by atoms with Crippen molar-refractivity contribution in [1.29, 1.82) is 0 Å². The van der Waals surface area contributed by atoms with Crippen LogP contribution in [0.3, 0.4) is 0 Å². The summed E-state index contributed by atoms with van der Waals surface area (Å²) in [5.41, 5.74) is 0.124. The Morgan fingerprint density at radius 1 is 1.38 bits per heavy atom. The van der Waals surface area contributed by atoms with Crippen LogP contribution < -0.4 is 15.4 Å². The maximum Gasteiger partial charge on any atom is 0.337 e. The van der Waals surface area contributed by atoms with E-state index in [1.165, 1.54) is 19.2 Å². The van der Waals surface area contributed by atoms with Gasteiger partial charge in [-0.05, 0) is 24.6 Å². The number of anilines is 1. The van der Waals surface area contributed by atoms with Gasteiger partial charge in [0.1, 0.15) is 5.75 Å². The first-order chi connectivity index (χ1) is 9.93. The number of nitrogens with one attached hydrogen (secondary N) is 2. The van der Waals surface area contributed by atoms with Crippen LogP contribution in [0, 0.1) is 0 Å². The van der Waals surface area contributed by atoms with Gasteiger partial charge in [-0.25, -0.2) is 9.59 Å². The van der Waals surface area contributed by atoms with Gasteiger partial charge < -0.3 is 20.5 Å². The third-order valence-electron chi connectivity index (χ3n) is 2.60. The van der Waals surface area contributed by atoms with Crippen LogP contribution >= 0.6 is 0 Å². The number of carboxylic acids is 1. The van der Waals surface area contributed by atoms with E-state index in [4.69, 9.17) is 9.84 Å². The zero-order valence-electron chi connectivity index (χ0n) is 11.8. The monoisotopic (exact) mass is 314 g/mol. The molecule has 0 heterocycles. The number of benzene rings is 1. The van der Waals surface area contributed by atoms with E-state index in [2.05, 4.69) is 10.6 Å². The lowest BCUT2D eigenvalue weighted by Gasteiger charge is -2.11. The quantitative estimate of drug-likeness (QED) is 0.658. The fourth-order valence-electron chi connectivity index (χ4n) is 1.58. The number of rotatable bonds is 7. The van der Waals surface area contributed by atoms with Gasteiger partial charge in [0, 0.05) is 29.4 Å². The Balaban J connectivity index is 2.63. The first-order valence-corrected chi connectivity index (χ1v) is 7.93. The Morgan fingerprint density at radius 3 is 2.67 bits per heavy atom. The molecule has 0 aliphatic carbocycles. The maximum absolute atomic E-state index is 11.7. The first kappa shape index (κ1) is 17.0. The van der Waals surface area contributed by atoms with Crippen molar-refractivity contribution >= 4 is 28.5 Å². The standard InChI is InChI=1S/C13H18N2O5S/c1-20-9-4-5-11(10(8-9)12(16)17)15-13(18)14-6-3-7-21(2)19/h4-5,8H,3,6-7H2,1-2H3,(H,16,17)(H2,14,15,18). The number of carbonyl (C=O) groups excluding carboxylic acids is 1. The van der Waals surface area contributed by atoms with Gasteiger partial charge in [-0.3, -0.25) is 4.21 Å². The minimum Gasteiger partial charge on any atom is -0.497 e. The van der Waals surface area contributed by atoms with E-state index < -0.39 is 22.8 Å². The van der Waals surface area contributed by atoms with E-state index >= 15 is 0 Å². The summed E-state index contributed by atoms with van der Waals surface area (Å²) in [4.78, 5) is 22.8. The van der Waals surface area contributed by atoms with Crippen molar-refractivity contribution in [2.45, 2.75) is 6.42 Å². The predicted molar refractivity (Wildman–Crippen MR) is 80.5 cm³/mol. The van der Waals surface area contributed by atoms with E-state index in [0.29, 0.717) is 24.5 Å². The molecule has 1 rings (SSSR count). The SMILES string of the molecule is COc1ccc(NC(=O)NCCCS(C)=O)c(C(=O)O)c1. The summed E-state index contributed by atoms with van der Waals surface area (Å²) >= 11 is 0. The summed E-state index contributed by atoms with van der Waals surface area (Å²) in [6.07, 6.45) is 2.18. The molecule has 0 aliphatic heterocycles. The van der Waals surface area contributed by atoms with Crippen LogP contribution in [-0.2, 0) is 10.8 Å². The van der Waals surface area contributed by atoms with Gasteiger partial charge in [0.25, 0.3) is 0 Å². The molecule has 1 unspecified atom stereocenters. The lowest BCUT2D eigenvalue weighted by Crippen LogP contribution is -2.30. The summed E-state index contributed by atoms with van der Waals surface area (Å²) in [5, 5.41) is 14.2. The molecular weight excluding hydrogens is 296 g/mol. The van der Waals surface area contributed by atoms with Crippen LogP contribution in [0.5, 0.6) is 5.75 Å². The lowest BCUT2D eigenvalue weighted by atomic mass is 10.1. The topological polar surface area (TPSA) is 105 Å². The van der Waals surface area contributed by atoms with Crippen molar-refractivity contribution in [3.05, 3.63) is 23.8 Å². The van der Waals surface area contributed by atoms with Crippen molar-refractivity contribution in [2.24, 2.45) is 0 Å². The number of amides is 2. The van der Waals surface area contributed by atoms with Crippen LogP contribution in [0.25, 0.3) is 0 Å². The number of methoxy groups -OCH3 is 1. The van der Waals surface area contributed by atoms with E-state index in [1.54, 1.807) is 12.3 Å². The Kier molecular flexibility index (Phi) is 6.67. The van der Waals surface area contributed by atoms with Gasteiger partial charge >= 0.3 is 12.0 Å². The molecule has 1 atom stereocenters. The third-order valence-corrected chi connectivity index (χ3v) is 3.46. The fraction of sp³-hybridized carbons (Fsp3) is 0.385. The molecule has 116 valence electrons. The number of carbonyl (C=O) groups is 2. The fourth-order valence-corrected chi connectivity index (χ4v) is 2.13. The van der Waals surface area contributed by atoms with Crippen LogP contribution in [-0.4, -0.2) is 47.0 Å². The Labute approximate surface area is 125 Å². The second kappa shape index (κ2) is 8.25. The molecule has 21 heavy (non-hydrogen) atoms. The average Bonchev–Trinajstić information content (AvgIpc) is 2.43. The summed E-state index contributed by atoms with van der Waals surface area (Å²) in [5.74, 6) is -0.266. The molecular formula is C13H18N2O5S. The van der Waals surface area contributed by atoms with Crippen molar-refractivity contribution in [2.75, 3.05) is 31.0 Å². The molecule has 0 radical (unpaired) electrons. The molecule has 8 heteroatoms. The zero-order chi connectivity index (χ0) is 15.8. The Bertz CT molecular complexity index is 547. The molecule has 3 N–H and O–H groups in total. The summed E-state index contributed by atoms with van der Waals surface area (Å²) in [6, 6.07) is 3.84. The van der Waals surface area contributed by atoms with E-state index in [1.807, 2.05) is 0 Å². The highest BCUT2D eigenvalue weighted by molar-refractivity contribution is 7.84. The lowest BCUT2D eigenvalue weighted by molar-refractivity contribution is 0.0697. The molecule has 0 aliphatic rings. The number of aromatic carboxylic acids is 1. The molecule has 0 aromatic heterocycles. The van der Waals surface area contributed by atoms with Gasteiger partial charge in [0.05, 0.1) is 18.4 Å². The van der Waals surface area contributed by atoms with Gasteiger partial charge in [-0.15, -0.1) is 0 Å². The second-order valence-corrected chi connectivity index (χ2v) is 5.78. The van der Waals surface area contributed by atoms with Crippen LogP contribution in [0.4, 0.5) is 10.5 Å². The number of hydrogen-bond donors (Lipinski definition) is 3. The maximum atomic E-state index is 11.7. The molecule has 1 aromatic rings. The molecule has 0 spiro atoms. The van der Waals surface area contributed by atoms with Gasteiger partial charge in [-0.2, -0.15) is 0 Å². The van der Waals surface area contributed by atoms with Crippen LogP contribution in [0.2, 0.25) is 0 Å². The second-order valence-electron chi connectivity index (χ2n) is 4.23. The number of urea groups is 1. The normalized spacial score (nSPS) is 11.5. The van der Waals surface area contributed by atoms with Crippen molar-refractivity contribution in [3.8, 4) is 5.75 Å². The largest absolute Gasteiger partial charge is 0.497 e. The molecule has 7 nitrogen and oxygen atoms in total. The zero-order valence-corrected chi connectivity index (χ0v) is 12.7. The van der Waals surface area contributed by atoms with Crippen molar-refractivity contribution in [1.82, 2.24) is 5.32 Å². The number of ether oxygens (including phenoxy) is 1. The molecule has 0 saturated carbocycles. The van der Waals surface area contributed by atoms with Gasteiger partial charge in [-0.1, -0.05) is 0 Å². The first-order valence-electron chi connectivity index (χ1n) is 6.20. The van der Waals surface area contributed by atoms with E-state index in [0.717, 1.165) is 0 Å². The smallest absolute Gasteiger partial charge is 0.337 e. The molecule has 0 saturated heterocycles. The summed E-state index contributed by atoms with van der Waals surface area (Å²) < 4.78 is 15.8. The minimum absolute atomic E-state index is 0.0563. The van der Waals surface area contributed by atoms with Crippen molar-refractivity contribution in [3.63, 3.8) is 0 Å². The third kappa shape index (κ3) is 5.82. The summed E-state index contributed by atoms with van der Waals surface area (Å²) in [7, 11) is 0.534. The number of carboxylic acid groups (broad SMARTS) is 1. The van der Waals surface area contributed by atoms with Gasteiger partial charge in [0.2, 0.25) is 0 Å². The van der Waals surface area contributed by atoms with E-state index in [-0.39, 0.29) is 11.3 Å². The highest BCUT2D eigenvalue weighted by atomic mass is 32.2. The Morgan fingerprint density at radius 2 is 2.10 bits per heavy atom. The van der Waals surface area contributed by atoms with Crippen molar-refractivity contribution < 1.29 is 23.6 Å². The van der Waals surface area contributed by atoms with Crippen LogP contribution in [0.15, 0.2) is 18.2 Å². The predicted octanol–water partition coefficient (Wildman–Crippen LogP) is 1.28. The average molecular weight is 314 g/mol. The van der Waals surface area contributed by atoms with Gasteiger partial charge in [0.15, 0.2) is 0 Å². The molecule has 0 bridgehead atoms. The summed E-state index contributed by atoms with van der Waals surface area (Å²) in [6.45, 7) is 0.365. The highest BCUT2D eigenvalue weighted by Crippen LogP contribution is 2.22.